The fourth-order valence-electron chi connectivity index (χ4n) is 1.61. The third-order valence-corrected chi connectivity index (χ3v) is 3.00. The van der Waals surface area contributed by atoms with E-state index in [-0.39, 0.29) is 0 Å². The molecule has 0 aliphatic heterocycles. The highest BCUT2D eigenvalue weighted by molar-refractivity contribution is 6.48. The number of halogens is 1. The molecular weight excluding hydrogens is 240 g/mol. The van der Waals surface area contributed by atoms with E-state index in [0.29, 0.717) is 0 Å². The summed E-state index contributed by atoms with van der Waals surface area (Å²) in [6, 6.07) is 18.3. The van der Waals surface area contributed by atoms with Crippen LogP contribution in [0.2, 0.25) is 0 Å². The SMILES string of the molecule is Cc1ccc(C=CC=C(Cl)c2ccccc2)cc1. The van der Waals surface area contributed by atoms with Gasteiger partial charge in [0.05, 0.1) is 0 Å². The van der Waals surface area contributed by atoms with Crippen molar-refractivity contribution >= 4 is 22.7 Å². The van der Waals surface area contributed by atoms with Gasteiger partial charge >= 0.3 is 0 Å². The molecule has 0 saturated carbocycles. The van der Waals surface area contributed by atoms with Gasteiger partial charge in [0, 0.05) is 5.03 Å². The first-order chi connectivity index (χ1) is 8.75. The molecule has 0 nitrogen and oxygen atoms in total. The Kier molecular flexibility index (Phi) is 4.38. The molecule has 0 fully saturated rings. The predicted molar refractivity (Wildman–Crippen MR) is 80.5 cm³/mol. The van der Waals surface area contributed by atoms with Crippen molar-refractivity contribution < 1.29 is 0 Å². The van der Waals surface area contributed by atoms with Gasteiger partial charge in [-0.3, -0.25) is 0 Å². The van der Waals surface area contributed by atoms with Gasteiger partial charge in [-0.15, -0.1) is 0 Å². The van der Waals surface area contributed by atoms with Crippen LogP contribution in [0.25, 0.3) is 11.1 Å². The Morgan fingerprint density at radius 1 is 0.944 bits per heavy atom. The fourth-order valence-corrected chi connectivity index (χ4v) is 1.81. The minimum absolute atomic E-state index is 0.749. The van der Waals surface area contributed by atoms with Gasteiger partial charge in [-0.05, 0) is 24.1 Å². The fraction of sp³-hybridized carbons (Fsp3) is 0.0588. The lowest BCUT2D eigenvalue weighted by Crippen LogP contribution is -1.75. The quantitative estimate of drug-likeness (QED) is 0.653. The molecule has 0 N–H and O–H groups in total. The third kappa shape index (κ3) is 3.61. The molecule has 0 bridgehead atoms. The maximum atomic E-state index is 6.21. The highest BCUT2D eigenvalue weighted by Gasteiger charge is 1.93. The minimum Gasteiger partial charge on any atom is -0.0837 e. The van der Waals surface area contributed by atoms with Crippen LogP contribution in [0.15, 0.2) is 66.7 Å². The second-order valence-corrected chi connectivity index (χ2v) is 4.56. The zero-order chi connectivity index (χ0) is 12.8. The molecular formula is C17H15Cl. The molecule has 1 heteroatoms. The molecule has 2 aromatic carbocycles. The summed E-state index contributed by atoms with van der Waals surface area (Å²) < 4.78 is 0. The average molecular weight is 255 g/mol. The maximum Gasteiger partial charge on any atom is 0.0478 e. The first kappa shape index (κ1) is 12.7. The number of aryl methyl sites for hydroxylation is 1. The van der Waals surface area contributed by atoms with E-state index >= 15 is 0 Å². The highest BCUT2D eigenvalue weighted by Crippen LogP contribution is 2.18. The van der Waals surface area contributed by atoms with Gasteiger partial charge in [0.25, 0.3) is 0 Å². The van der Waals surface area contributed by atoms with Crippen LogP contribution in [-0.2, 0) is 0 Å². The predicted octanol–water partition coefficient (Wildman–Crippen LogP) is 5.29. The summed E-state index contributed by atoms with van der Waals surface area (Å²) in [6.45, 7) is 2.08. The summed E-state index contributed by atoms with van der Waals surface area (Å²) >= 11 is 6.21. The molecule has 0 radical (unpaired) electrons. The maximum absolute atomic E-state index is 6.21. The molecule has 0 aliphatic carbocycles. The molecule has 0 saturated heterocycles. The first-order valence-corrected chi connectivity index (χ1v) is 6.29. The van der Waals surface area contributed by atoms with Crippen LogP contribution in [0.4, 0.5) is 0 Å². The number of hydrogen-bond acceptors (Lipinski definition) is 0. The largest absolute Gasteiger partial charge is 0.0837 e. The molecule has 2 aromatic rings. The van der Waals surface area contributed by atoms with Crippen molar-refractivity contribution in [3.8, 4) is 0 Å². The highest BCUT2D eigenvalue weighted by atomic mass is 35.5. The molecule has 0 aromatic heterocycles. The van der Waals surface area contributed by atoms with E-state index in [4.69, 9.17) is 11.6 Å². The van der Waals surface area contributed by atoms with Crippen molar-refractivity contribution in [1.82, 2.24) is 0 Å². The van der Waals surface area contributed by atoms with E-state index in [1.807, 2.05) is 48.6 Å². The average Bonchev–Trinajstić information content (AvgIpc) is 2.42. The molecule has 0 spiro atoms. The van der Waals surface area contributed by atoms with Crippen LogP contribution >= 0.6 is 11.6 Å². The summed E-state index contributed by atoms with van der Waals surface area (Å²) in [5, 5.41) is 0.749. The summed E-state index contributed by atoms with van der Waals surface area (Å²) in [5.41, 5.74) is 3.48. The van der Waals surface area contributed by atoms with Gasteiger partial charge in [-0.1, -0.05) is 83.9 Å². The molecule has 18 heavy (non-hydrogen) atoms. The van der Waals surface area contributed by atoms with Gasteiger partial charge in [-0.25, -0.2) is 0 Å². The van der Waals surface area contributed by atoms with Gasteiger partial charge in [0.2, 0.25) is 0 Å². The minimum atomic E-state index is 0.749. The Bertz CT molecular complexity index is 548. The normalized spacial score (nSPS) is 12.0. The van der Waals surface area contributed by atoms with Crippen molar-refractivity contribution in [3.63, 3.8) is 0 Å². The first-order valence-electron chi connectivity index (χ1n) is 5.92. The van der Waals surface area contributed by atoms with Crippen LogP contribution in [0.3, 0.4) is 0 Å². The number of rotatable bonds is 3. The van der Waals surface area contributed by atoms with E-state index < -0.39 is 0 Å². The summed E-state index contributed by atoms with van der Waals surface area (Å²) in [6.07, 6.45) is 5.93. The van der Waals surface area contributed by atoms with Crippen LogP contribution in [0.5, 0.6) is 0 Å². The lowest BCUT2D eigenvalue weighted by Gasteiger charge is -1.96. The number of benzene rings is 2. The van der Waals surface area contributed by atoms with E-state index in [0.717, 1.165) is 10.6 Å². The van der Waals surface area contributed by atoms with Crippen molar-refractivity contribution in [1.29, 1.82) is 0 Å². The Balaban J connectivity index is 2.08. The van der Waals surface area contributed by atoms with Gasteiger partial charge in [-0.2, -0.15) is 0 Å². The van der Waals surface area contributed by atoms with E-state index in [1.165, 1.54) is 11.1 Å². The topological polar surface area (TPSA) is 0 Å². The zero-order valence-electron chi connectivity index (χ0n) is 10.3. The second-order valence-electron chi connectivity index (χ2n) is 4.15. The molecule has 0 heterocycles. The van der Waals surface area contributed by atoms with Gasteiger partial charge in [0.15, 0.2) is 0 Å². The summed E-state index contributed by atoms with van der Waals surface area (Å²) in [4.78, 5) is 0. The van der Waals surface area contributed by atoms with Crippen molar-refractivity contribution in [2.45, 2.75) is 6.92 Å². The molecule has 0 unspecified atom stereocenters. The van der Waals surface area contributed by atoms with E-state index in [9.17, 15) is 0 Å². The molecule has 0 amide bonds. The Morgan fingerprint density at radius 3 is 2.28 bits per heavy atom. The van der Waals surface area contributed by atoms with Crippen molar-refractivity contribution in [2.75, 3.05) is 0 Å². The van der Waals surface area contributed by atoms with Crippen LogP contribution in [0.1, 0.15) is 16.7 Å². The summed E-state index contributed by atoms with van der Waals surface area (Å²) in [7, 11) is 0. The van der Waals surface area contributed by atoms with Crippen LogP contribution in [-0.4, -0.2) is 0 Å². The summed E-state index contributed by atoms with van der Waals surface area (Å²) in [5.74, 6) is 0. The van der Waals surface area contributed by atoms with Gasteiger partial charge in [0.1, 0.15) is 0 Å². The van der Waals surface area contributed by atoms with E-state index in [1.54, 1.807) is 0 Å². The second kappa shape index (κ2) is 6.23. The number of allylic oxidation sites excluding steroid dienone is 2. The smallest absolute Gasteiger partial charge is 0.0478 e. The van der Waals surface area contributed by atoms with Crippen molar-refractivity contribution in [3.05, 3.63) is 83.4 Å². The van der Waals surface area contributed by atoms with Gasteiger partial charge < -0.3 is 0 Å². The van der Waals surface area contributed by atoms with Crippen LogP contribution in [0, 0.1) is 6.92 Å². The lowest BCUT2D eigenvalue weighted by molar-refractivity contribution is 1.46. The Hall–Kier alpha value is -1.79. The molecule has 2 rings (SSSR count). The monoisotopic (exact) mass is 254 g/mol. The van der Waals surface area contributed by atoms with Crippen LogP contribution < -0.4 is 0 Å². The Morgan fingerprint density at radius 2 is 1.61 bits per heavy atom. The Labute approximate surface area is 113 Å². The zero-order valence-corrected chi connectivity index (χ0v) is 11.1. The molecule has 0 atom stereocenters. The lowest BCUT2D eigenvalue weighted by atomic mass is 10.1. The van der Waals surface area contributed by atoms with E-state index in [2.05, 4.69) is 31.2 Å². The number of hydrogen-bond donors (Lipinski definition) is 0. The molecule has 90 valence electrons. The molecule has 0 aliphatic rings. The van der Waals surface area contributed by atoms with Crippen molar-refractivity contribution in [2.24, 2.45) is 0 Å². The third-order valence-electron chi connectivity index (χ3n) is 2.66. The standard InChI is InChI=1S/C17H15Cl/c1-14-10-12-15(13-11-14)6-5-9-17(18)16-7-3-2-4-8-16/h2-13H,1H3.